The SMILES string of the molecule is O=Cc1ccc(-c2ccc(N(c3ccc(-c4ccc(C=O)s4)cc3)c3ccc(-c4ccc(C=O)s4)cc3)cc2)s1. The van der Waals surface area contributed by atoms with Gasteiger partial charge in [-0.1, -0.05) is 36.4 Å². The van der Waals surface area contributed by atoms with E-state index in [1.807, 2.05) is 36.4 Å². The lowest BCUT2D eigenvalue weighted by molar-refractivity contribution is 0.111. The molecule has 0 aliphatic carbocycles. The summed E-state index contributed by atoms with van der Waals surface area (Å²) in [7, 11) is 0. The molecule has 3 aromatic carbocycles. The van der Waals surface area contributed by atoms with Crippen molar-refractivity contribution in [2.45, 2.75) is 0 Å². The number of nitrogens with zero attached hydrogens (tertiary/aromatic N) is 1. The number of thiophene rings is 3. The number of hydrogen-bond acceptors (Lipinski definition) is 7. The zero-order valence-electron chi connectivity index (χ0n) is 21.0. The number of hydrogen-bond donors (Lipinski definition) is 0. The second kappa shape index (κ2) is 11.4. The third kappa shape index (κ3) is 5.22. The van der Waals surface area contributed by atoms with Crippen molar-refractivity contribution in [1.29, 1.82) is 0 Å². The van der Waals surface area contributed by atoms with Crippen molar-refractivity contribution in [2.24, 2.45) is 0 Å². The highest BCUT2D eigenvalue weighted by Gasteiger charge is 2.15. The van der Waals surface area contributed by atoms with Gasteiger partial charge in [0.2, 0.25) is 0 Å². The molecule has 0 aliphatic rings. The van der Waals surface area contributed by atoms with Crippen LogP contribution >= 0.6 is 34.0 Å². The molecule has 6 rings (SSSR count). The maximum Gasteiger partial charge on any atom is 0.160 e. The van der Waals surface area contributed by atoms with Crippen molar-refractivity contribution in [3.05, 3.63) is 124 Å². The molecular formula is C33H21NO3S3. The first-order valence-electron chi connectivity index (χ1n) is 12.4. The maximum absolute atomic E-state index is 11.1. The minimum absolute atomic E-state index is 0.706. The molecule has 194 valence electrons. The Kier molecular flexibility index (Phi) is 7.33. The quantitative estimate of drug-likeness (QED) is 0.161. The second-order valence-electron chi connectivity index (χ2n) is 8.94. The zero-order chi connectivity index (χ0) is 27.5. The van der Waals surface area contributed by atoms with Crippen molar-refractivity contribution in [3.63, 3.8) is 0 Å². The highest BCUT2D eigenvalue weighted by atomic mass is 32.1. The van der Waals surface area contributed by atoms with Crippen LogP contribution in [0.3, 0.4) is 0 Å². The summed E-state index contributed by atoms with van der Waals surface area (Å²) >= 11 is 4.43. The van der Waals surface area contributed by atoms with E-state index in [0.29, 0.717) is 14.6 Å². The summed E-state index contributed by atoms with van der Waals surface area (Å²) in [6, 6.07) is 36.4. The molecule has 0 saturated heterocycles. The first kappa shape index (κ1) is 25.8. The van der Waals surface area contributed by atoms with Gasteiger partial charge in [0.25, 0.3) is 0 Å². The lowest BCUT2D eigenvalue weighted by Gasteiger charge is -2.26. The van der Waals surface area contributed by atoms with E-state index < -0.39 is 0 Å². The summed E-state index contributed by atoms with van der Waals surface area (Å²) in [5, 5.41) is 0. The minimum Gasteiger partial charge on any atom is -0.311 e. The molecule has 0 bridgehead atoms. The Morgan fingerprint density at radius 3 is 0.875 bits per heavy atom. The van der Waals surface area contributed by atoms with E-state index in [1.54, 1.807) is 0 Å². The Hall–Kier alpha value is -4.43. The molecule has 0 N–H and O–H groups in total. The molecule has 40 heavy (non-hydrogen) atoms. The van der Waals surface area contributed by atoms with Crippen molar-refractivity contribution >= 4 is 69.9 Å². The van der Waals surface area contributed by atoms with E-state index in [9.17, 15) is 14.4 Å². The molecule has 6 aromatic rings. The van der Waals surface area contributed by atoms with E-state index in [4.69, 9.17) is 0 Å². The molecule has 4 nitrogen and oxygen atoms in total. The van der Waals surface area contributed by atoms with Gasteiger partial charge in [-0.15, -0.1) is 34.0 Å². The van der Waals surface area contributed by atoms with Crippen LogP contribution in [0.25, 0.3) is 31.3 Å². The highest BCUT2D eigenvalue weighted by Crippen LogP contribution is 2.39. The van der Waals surface area contributed by atoms with E-state index in [-0.39, 0.29) is 0 Å². The van der Waals surface area contributed by atoms with Crippen molar-refractivity contribution in [3.8, 4) is 31.3 Å². The Morgan fingerprint density at radius 2 is 0.650 bits per heavy atom. The van der Waals surface area contributed by atoms with Gasteiger partial charge in [0.15, 0.2) is 18.9 Å². The molecule has 0 fully saturated rings. The smallest absolute Gasteiger partial charge is 0.160 e. The lowest BCUT2D eigenvalue weighted by Crippen LogP contribution is -2.09. The first-order valence-corrected chi connectivity index (χ1v) is 14.9. The van der Waals surface area contributed by atoms with Gasteiger partial charge >= 0.3 is 0 Å². The van der Waals surface area contributed by atoms with Crippen molar-refractivity contribution < 1.29 is 14.4 Å². The standard InChI is InChI=1S/C33H21NO3S3/c35-19-28-13-16-31(38-28)22-1-7-25(8-2-22)34(26-9-3-23(4-10-26)32-17-14-29(20-36)39-32)27-11-5-24(6-12-27)33-18-15-30(21-37)40-33/h1-21H. The monoisotopic (exact) mass is 575 g/mol. The summed E-state index contributed by atoms with van der Waals surface area (Å²) in [5.41, 5.74) is 6.15. The molecular weight excluding hydrogens is 555 g/mol. The van der Waals surface area contributed by atoms with Gasteiger partial charge in [0.05, 0.1) is 14.6 Å². The van der Waals surface area contributed by atoms with Gasteiger partial charge < -0.3 is 4.90 Å². The molecule has 0 saturated carbocycles. The summed E-state index contributed by atoms with van der Waals surface area (Å²) in [6.45, 7) is 0. The van der Waals surface area contributed by atoms with Crippen LogP contribution in [-0.2, 0) is 0 Å². The van der Waals surface area contributed by atoms with Crippen LogP contribution in [0.4, 0.5) is 17.1 Å². The van der Waals surface area contributed by atoms with Gasteiger partial charge in [0.1, 0.15) is 0 Å². The maximum atomic E-state index is 11.1. The fourth-order valence-corrected chi connectivity index (χ4v) is 6.97. The number of anilines is 3. The van der Waals surface area contributed by atoms with Crippen molar-refractivity contribution in [1.82, 2.24) is 0 Å². The number of carbonyl (C=O) groups is 3. The summed E-state index contributed by atoms with van der Waals surface area (Å²) in [4.78, 5) is 40.9. The van der Waals surface area contributed by atoms with E-state index in [2.05, 4.69) is 77.7 Å². The van der Waals surface area contributed by atoms with Crippen LogP contribution in [0.1, 0.15) is 29.0 Å². The molecule has 0 amide bonds. The number of benzene rings is 3. The van der Waals surface area contributed by atoms with Gasteiger partial charge in [-0.3, -0.25) is 14.4 Å². The fraction of sp³-hybridized carbons (Fsp3) is 0. The second-order valence-corrected chi connectivity index (χ2v) is 12.3. The van der Waals surface area contributed by atoms with Crippen molar-refractivity contribution in [2.75, 3.05) is 4.90 Å². The Bertz CT molecular complexity index is 1580. The van der Waals surface area contributed by atoms with Crippen LogP contribution in [-0.4, -0.2) is 18.9 Å². The predicted molar refractivity (Wildman–Crippen MR) is 167 cm³/mol. The molecule has 0 atom stereocenters. The number of rotatable bonds is 9. The highest BCUT2D eigenvalue weighted by molar-refractivity contribution is 7.17. The molecule has 0 unspecified atom stereocenters. The van der Waals surface area contributed by atoms with Crippen LogP contribution in [0, 0.1) is 0 Å². The lowest BCUT2D eigenvalue weighted by atomic mass is 10.1. The first-order chi connectivity index (χ1) is 19.6. The Morgan fingerprint density at radius 1 is 0.375 bits per heavy atom. The van der Waals surface area contributed by atoms with Gasteiger partial charge in [-0.2, -0.15) is 0 Å². The van der Waals surface area contributed by atoms with Gasteiger partial charge in [-0.05, 0) is 89.5 Å². The number of carbonyl (C=O) groups excluding carboxylic acids is 3. The average molecular weight is 576 g/mol. The molecule has 3 heterocycles. The largest absolute Gasteiger partial charge is 0.311 e. The van der Waals surface area contributed by atoms with Crippen LogP contribution < -0.4 is 4.90 Å². The minimum atomic E-state index is 0.706. The van der Waals surface area contributed by atoms with Crippen LogP contribution in [0.5, 0.6) is 0 Å². The average Bonchev–Trinajstić information content (AvgIpc) is 3.79. The molecule has 3 aromatic heterocycles. The normalized spacial score (nSPS) is 10.8. The summed E-state index contributed by atoms with van der Waals surface area (Å²) in [6.07, 6.45) is 2.64. The molecule has 0 spiro atoms. The van der Waals surface area contributed by atoms with E-state index >= 15 is 0 Å². The Balaban J connectivity index is 1.37. The molecule has 7 heteroatoms. The molecule has 0 radical (unpaired) electrons. The van der Waals surface area contributed by atoms with E-state index in [1.165, 1.54) is 34.0 Å². The third-order valence-corrected chi connectivity index (χ3v) is 9.64. The van der Waals surface area contributed by atoms with E-state index in [0.717, 1.165) is 67.2 Å². The van der Waals surface area contributed by atoms with Crippen LogP contribution in [0.2, 0.25) is 0 Å². The zero-order valence-corrected chi connectivity index (χ0v) is 23.5. The van der Waals surface area contributed by atoms with Gasteiger partial charge in [-0.25, -0.2) is 0 Å². The fourth-order valence-electron chi connectivity index (χ4n) is 4.49. The third-order valence-electron chi connectivity index (χ3n) is 6.46. The Labute approximate surface area is 243 Å². The molecule has 0 aliphatic heterocycles. The van der Waals surface area contributed by atoms with Crippen LogP contribution in [0.15, 0.2) is 109 Å². The van der Waals surface area contributed by atoms with Gasteiger partial charge in [0, 0.05) is 31.7 Å². The summed E-state index contributed by atoms with van der Waals surface area (Å²) in [5.74, 6) is 0. The predicted octanol–water partition coefficient (Wildman–Crippen LogP) is 9.78. The topological polar surface area (TPSA) is 54.5 Å². The summed E-state index contributed by atoms with van der Waals surface area (Å²) < 4.78 is 0. The number of aldehydes is 3.